The molecule has 5 nitrogen and oxygen atoms in total. The third-order valence-electron chi connectivity index (χ3n) is 6.14. The standard InChI is InChI=1S/C23H22N2O3/c1-14-9-17(18-4-3-16(12-24)13-25-18)10-15(2)20(14)21-19(26)11-23(22(21)27)5-7-28-8-6-23/h3-4,9-10,13,21H,5-8,11H2,1-2H3. The second kappa shape index (κ2) is 6.96. The van der Waals surface area contributed by atoms with E-state index in [-0.39, 0.29) is 11.6 Å². The van der Waals surface area contributed by atoms with E-state index in [0.717, 1.165) is 27.9 Å². The molecular formula is C23H22N2O3. The van der Waals surface area contributed by atoms with Gasteiger partial charge in [-0.15, -0.1) is 0 Å². The van der Waals surface area contributed by atoms with Crippen LogP contribution in [-0.4, -0.2) is 29.8 Å². The largest absolute Gasteiger partial charge is 0.381 e. The molecule has 4 rings (SSSR count). The molecule has 1 atom stereocenters. The molecule has 1 unspecified atom stereocenters. The minimum absolute atomic E-state index is 0.0300. The normalized spacial score (nSPS) is 21.1. The van der Waals surface area contributed by atoms with Gasteiger partial charge in [0.05, 0.1) is 11.3 Å². The third-order valence-corrected chi connectivity index (χ3v) is 6.14. The first-order valence-electron chi connectivity index (χ1n) is 9.58. The quantitative estimate of drug-likeness (QED) is 0.750. The van der Waals surface area contributed by atoms with Gasteiger partial charge in [0.2, 0.25) is 0 Å². The summed E-state index contributed by atoms with van der Waals surface area (Å²) in [6, 6.07) is 9.57. The van der Waals surface area contributed by atoms with Crippen molar-refractivity contribution >= 4 is 11.6 Å². The van der Waals surface area contributed by atoms with E-state index in [4.69, 9.17) is 10.00 Å². The van der Waals surface area contributed by atoms with Crippen LogP contribution in [0.15, 0.2) is 30.5 Å². The Morgan fingerprint density at radius 1 is 1.14 bits per heavy atom. The molecule has 1 saturated heterocycles. The molecule has 2 aromatic rings. The highest BCUT2D eigenvalue weighted by atomic mass is 16.5. The maximum Gasteiger partial charge on any atom is 0.154 e. The van der Waals surface area contributed by atoms with Crippen LogP contribution in [-0.2, 0) is 14.3 Å². The van der Waals surface area contributed by atoms with Crippen molar-refractivity contribution in [3.8, 4) is 17.3 Å². The lowest BCUT2D eigenvalue weighted by molar-refractivity contribution is -0.131. The Morgan fingerprint density at radius 3 is 2.39 bits per heavy atom. The predicted octanol–water partition coefficient (Wildman–Crippen LogP) is 3.66. The summed E-state index contributed by atoms with van der Waals surface area (Å²) in [4.78, 5) is 30.5. The fraction of sp³-hybridized carbons (Fsp3) is 0.391. The van der Waals surface area contributed by atoms with Gasteiger partial charge in [0, 0.05) is 36.8 Å². The van der Waals surface area contributed by atoms with E-state index in [9.17, 15) is 9.59 Å². The minimum atomic E-state index is -0.666. The number of carbonyl (C=O) groups is 2. The van der Waals surface area contributed by atoms with Crippen molar-refractivity contribution in [3.63, 3.8) is 0 Å². The number of ether oxygens (including phenoxy) is 1. The molecule has 1 aliphatic carbocycles. The molecule has 1 aliphatic heterocycles. The van der Waals surface area contributed by atoms with Crippen molar-refractivity contribution in [2.75, 3.05) is 13.2 Å². The summed E-state index contributed by atoms with van der Waals surface area (Å²) in [7, 11) is 0. The summed E-state index contributed by atoms with van der Waals surface area (Å²) in [5, 5.41) is 8.94. The highest BCUT2D eigenvalue weighted by molar-refractivity contribution is 6.17. The predicted molar refractivity (Wildman–Crippen MR) is 104 cm³/mol. The van der Waals surface area contributed by atoms with Crippen LogP contribution in [0, 0.1) is 30.6 Å². The molecular weight excluding hydrogens is 352 g/mol. The number of aromatic nitrogens is 1. The first-order chi connectivity index (χ1) is 13.4. The van der Waals surface area contributed by atoms with Crippen molar-refractivity contribution in [1.82, 2.24) is 4.98 Å². The third kappa shape index (κ3) is 2.94. The number of aryl methyl sites for hydroxylation is 2. The summed E-state index contributed by atoms with van der Waals surface area (Å²) in [6.07, 6.45) is 3.16. The number of carbonyl (C=O) groups excluding carboxylic acids is 2. The molecule has 1 saturated carbocycles. The van der Waals surface area contributed by atoms with Crippen LogP contribution in [0.4, 0.5) is 0 Å². The summed E-state index contributed by atoms with van der Waals surface area (Å²) < 4.78 is 5.42. The van der Waals surface area contributed by atoms with Gasteiger partial charge < -0.3 is 4.74 Å². The number of benzene rings is 1. The van der Waals surface area contributed by atoms with E-state index in [1.165, 1.54) is 0 Å². The Bertz CT molecular complexity index is 972. The van der Waals surface area contributed by atoms with Gasteiger partial charge in [0.1, 0.15) is 17.8 Å². The van der Waals surface area contributed by atoms with E-state index in [1.54, 1.807) is 12.3 Å². The zero-order valence-electron chi connectivity index (χ0n) is 16.1. The Balaban J connectivity index is 1.71. The van der Waals surface area contributed by atoms with Gasteiger partial charge in [-0.25, -0.2) is 0 Å². The highest BCUT2D eigenvalue weighted by Crippen LogP contribution is 2.48. The van der Waals surface area contributed by atoms with Crippen molar-refractivity contribution in [2.24, 2.45) is 5.41 Å². The van der Waals surface area contributed by atoms with E-state index >= 15 is 0 Å². The molecule has 2 aliphatic rings. The molecule has 0 radical (unpaired) electrons. The average Bonchev–Trinajstić information content (AvgIpc) is 2.92. The van der Waals surface area contributed by atoms with Gasteiger partial charge in [-0.1, -0.05) is 0 Å². The van der Waals surface area contributed by atoms with Crippen LogP contribution in [0.5, 0.6) is 0 Å². The number of ketones is 2. The molecule has 5 heteroatoms. The Morgan fingerprint density at radius 2 is 1.82 bits per heavy atom. The summed E-state index contributed by atoms with van der Waals surface area (Å²) in [5.41, 5.74) is 4.36. The van der Waals surface area contributed by atoms with Crippen LogP contribution in [0.2, 0.25) is 0 Å². The fourth-order valence-corrected chi connectivity index (χ4v) is 4.66. The van der Waals surface area contributed by atoms with E-state index in [2.05, 4.69) is 11.1 Å². The summed E-state index contributed by atoms with van der Waals surface area (Å²) >= 11 is 0. The second-order valence-electron chi connectivity index (χ2n) is 7.90. The molecule has 0 bridgehead atoms. The number of Topliss-reactive ketones (excluding diaryl/α,β-unsaturated/α-hetero) is 2. The molecule has 142 valence electrons. The number of hydrogen-bond donors (Lipinski definition) is 0. The van der Waals surface area contributed by atoms with Gasteiger partial charge >= 0.3 is 0 Å². The van der Waals surface area contributed by atoms with Crippen molar-refractivity contribution in [2.45, 2.75) is 39.0 Å². The monoisotopic (exact) mass is 374 g/mol. The lowest BCUT2D eigenvalue weighted by Crippen LogP contribution is -2.34. The van der Waals surface area contributed by atoms with Gasteiger partial charge in [-0.3, -0.25) is 14.6 Å². The number of hydrogen-bond acceptors (Lipinski definition) is 5. The molecule has 1 aromatic heterocycles. The molecule has 0 amide bonds. The topological polar surface area (TPSA) is 80.1 Å². The fourth-order valence-electron chi connectivity index (χ4n) is 4.66. The lowest BCUT2D eigenvalue weighted by atomic mass is 9.75. The molecule has 2 fully saturated rings. The number of rotatable bonds is 2. The molecule has 2 heterocycles. The molecule has 1 aromatic carbocycles. The Kier molecular flexibility index (Phi) is 4.60. The maximum atomic E-state index is 13.3. The molecule has 0 N–H and O–H groups in total. The van der Waals surface area contributed by atoms with Crippen molar-refractivity contribution in [3.05, 3.63) is 52.7 Å². The van der Waals surface area contributed by atoms with Crippen LogP contribution < -0.4 is 0 Å². The molecule has 28 heavy (non-hydrogen) atoms. The molecule has 1 spiro atoms. The first-order valence-corrected chi connectivity index (χ1v) is 9.58. The van der Waals surface area contributed by atoms with E-state index < -0.39 is 11.3 Å². The zero-order valence-corrected chi connectivity index (χ0v) is 16.1. The number of nitrogens with zero attached hydrogens (tertiary/aromatic N) is 2. The second-order valence-corrected chi connectivity index (χ2v) is 7.90. The zero-order chi connectivity index (χ0) is 19.9. The average molecular weight is 374 g/mol. The summed E-state index contributed by atoms with van der Waals surface area (Å²) in [5.74, 6) is -0.570. The van der Waals surface area contributed by atoms with E-state index in [1.807, 2.05) is 32.0 Å². The van der Waals surface area contributed by atoms with Gasteiger partial charge in [0.25, 0.3) is 0 Å². The van der Waals surface area contributed by atoms with Gasteiger partial charge in [0.15, 0.2) is 5.78 Å². The maximum absolute atomic E-state index is 13.3. The van der Waals surface area contributed by atoms with Crippen molar-refractivity contribution in [1.29, 1.82) is 5.26 Å². The summed E-state index contributed by atoms with van der Waals surface area (Å²) in [6.45, 7) is 5.00. The minimum Gasteiger partial charge on any atom is -0.381 e. The Labute approximate surface area is 164 Å². The van der Waals surface area contributed by atoms with Crippen molar-refractivity contribution < 1.29 is 14.3 Å². The van der Waals surface area contributed by atoms with Crippen LogP contribution in [0.25, 0.3) is 11.3 Å². The van der Waals surface area contributed by atoms with Crippen LogP contribution in [0.3, 0.4) is 0 Å². The lowest BCUT2D eigenvalue weighted by Gasteiger charge is -2.31. The number of nitriles is 1. The van der Waals surface area contributed by atoms with Crippen LogP contribution in [0.1, 0.15) is 47.4 Å². The van der Waals surface area contributed by atoms with Gasteiger partial charge in [-0.05, 0) is 67.6 Å². The number of pyridine rings is 1. The highest BCUT2D eigenvalue weighted by Gasteiger charge is 2.53. The smallest absolute Gasteiger partial charge is 0.154 e. The SMILES string of the molecule is Cc1cc(-c2ccc(C#N)cn2)cc(C)c1C1C(=O)CC2(CCOCC2)C1=O. The van der Waals surface area contributed by atoms with Gasteiger partial charge in [-0.2, -0.15) is 5.26 Å². The van der Waals surface area contributed by atoms with E-state index in [0.29, 0.717) is 38.0 Å². The Hall–Kier alpha value is -2.84. The first kappa shape index (κ1) is 18.5. The van der Waals surface area contributed by atoms with Crippen LogP contribution >= 0.6 is 0 Å².